The molecule has 1 aromatic heterocycles. The first-order chi connectivity index (χ1) is 12.9. The summed E-state index contributed by atoms with van der Waals surface area (Å²) in [6.07, 6.45) is 5.46. The summed E-state index contributed by atoms with van der Waals surface area (Å²) in [4.78, 5) is 4.08. The summed E-state index contributed by atoms with van der Waals surface area (Å²) in [7, 11) is -2.28. The van der Waals surface area contributed by atoms with Crippen molar-refractivity contribution in [3.05, 3.63) is 48.2 Å². The van der Waals surface area contributed by atoms with Crippen LogP contribution in [0.2, 0.25) is 0 Å². The quantitative estimate of drug-likeness (QED) is 0.780. The summed E-state index contributed by atoms with van der Waals surface area (Å²) in [6, 6.07) is 5.88. The molecule has 27 heavy (non-hydrogen) atoms. The second kappa shape index (κ2) is 8.18. The van der Waals surface area contributed by atoms with Crippen molar-refractivity contribution in [2.75, 3.05) is 17.1 Å². The Kier molecular flexibility index (Phi) is 5.91. The van der Waals surface area contributed by atoms with E-state index in [-0.39, 0.29) is 22.7 Å². The molecule has 0 saturated heterocycles. The standard InChI is InChI=1S/C18H21F2N3O3S/c1-26-17-5-3-2-4-16(17)22-18-9-7-13(11-21-18)27(24,25)23-12-6-8-14(19)15(20)10-12/h6-11,16-17,23H,2-5H2,1H3,(H,21,22). The van der Waals surface area contributed by atoms with Crippen molar-refractivity contribution in [2.45, 2.75) is 42.7 Å². The molecule has 9 heteroatoms. The lowest BCUT2D eigenvalue weighted by molar-refractivity contribution is 0.0605. The van der Waals surface area contributed by atoms with Crippen LogP contribution in [0.15, 0.2) is 41.4 Å². The maximum Gasteiger partial charge on any atom is 0.263 e. The smallest absolute Gasteiger partial charge is 0.263 e. The van der Waals surface area contributed by atoms with Gasteiger partial charge in [-0.1, -0.05) is 12.8 Å². The molecule has 2 aromatic rings. The Morgan fingerprint density at radius 2 is 1.89 bits per heavy atom. The number of methoxy groups -OCH3 is 1. The molecule has 0 aliphatic heterocycles. The van der Waals surface area contributed by atoms with E-state index in [9.17, 15) is 17.2 Å². The van der Waals surface area contributed by atoms with Crippen molar-refractivity contribution < 1.29 is 21.9 Å². The van der Waals surface area contributed by atoms with Crippen LogP contribution in [-0.2, 0) is 14.8 Å². The first-order valence-corrected chi connectivity index (χ1v) is 10.1. The largest absolute Gasteiger partial charge is 0.379 e. The summed E-state index contributed by atoms with van der Waals surface area (Å²) < 4.78 is 58.7. The lowest BCUT2D eigenvalue weighted by atomic mass is 9.92. The Bertz CT molecular complexity index is 891. The molecule has 2 N–H and O–H groups in total. The monoisotopic (exact) mass is 397 g/mol. The van der Waals surface area contributed by atoms with Crippen LogP contribution in [0.5, 0.6) is 0 Å². The van der Waals surface area contributed by atoms with Gasteiger partial charge in [0.25, 0.3) is 10.0 Å². The van der Waals surface area contributed by atoms with Gasteiger partial charge in [0.1, 0.15) is 10.7 Å². The lowest BCUT2D eigenvalue weighted by Gasteiger charge is -2.31. The van der Waals surface area contributed by atoms with Crippen LogP contribution in [0.25, 0.3) is 0 Å². The van der Waals surface area contributed by atoms with E-state index in [4.69, 9.17) is 4.74 Å². The van der Waals surface area contributed by atoms with E-state index >= 15 is 0 Å². The molecule has 1 fully saturated rings. The Morgan fingerprint density at radius 1 is 1.11 bits per heavy atom. The number of anilines is 2. The van der Waals surface area contributed by atoms with Crippen LogP contribution in [-0.4, -0.2) is 32.7 Å². The predicted octanol–water partition coefficient (Wildman–Crippen LogP) is 3.53. The number of halogens is 2. The summed E-state index contributed by atoms with van der Waals surface area (Å²) in [5, 5.41) is 3.28. The maximum atomic E-state index is 13.3. The Morgan fingerprint density at radius 3 is 2.56 bits per heavy atom. The van der Waals surface area contributed by atoms with Crippen molar-refractivity contribution in [1.29, 1.82) is 0 Å². The molecule has 1 saturated carbocycles. The zero-order valence-corrected chi connectivity index (χ0v) is 15.6. The molecule has 0 radical (unpaired) electrons. The number of aromatic nitrogens is 1. The van der Waals surface area contributed by atoms with Gasteiger partial charge in [-0.05, 0) is 37.1 Å². The average Bonchev–Trinajstić information content (AvgIpc) is 2.65. The van der Waals surface area contributed by atoms with Crippen LogP contribution in [0.4, 0.5) is 20.3 Å². The minimum absolute atomic E-state index is 0.0683. The van der Waals surface area contributed by atoms with Crippen LogP contribution < -0.4 is 10.0 Å². The number of sulfonamides is 1. The van der Waals surface area contributed by atoms with Gasteiger partial charge >= 0.3 is 0 Å². The Hall–Kier alpha value is -2.26. The summed E-state index contributed by atoms with van der Waals surface area (Å²) in [5.74, 6) is -1.63. The first-order valence-electron chi connectivity index (χ1n) is 8.62. The van der Waals surface area contributed by atoms with E-state index < -0.39 is 21.7 Å². The fourth-order valence-corrected chi connectivity index (χ4v) is 4.13. The van der Waals surface area contributed by atoms with Crippen molar-refractivity contribution in [3.63, 3.8) is 0 Å². The molecule has 0 amide bonds. The average molecular weight is 397 g/mol. The number of pyridine rings is 1. The zero-order chi connectivity index (χ0) is 19.4. The van der Waals surface area contributed by atoms with E-state index in [2.05, 4.69) is 15.0 Å². The third kappa shape index (κ3) is 4.72. The molecule has 0 bridgehead atoms. The van der Waals surface area contributed by atoms with Gasteiger partial charge < -0.3 is 10.1 Å². The molecule has 2 unspecified atom stereocenters. The highest BCUT2D eigenvalue weighted by molar-refractivity contribution is 7.92. The SMILES string of the molecule is COC1CCCCC1Nc1ccc(S(=O)(=O)Nc2ccc(F)c(F)c2)cn1. The number of nitrogens with one attached hydrogen (secondary N) is 2. The normalized spacial score (nSPS) is 20.3. The molecule has 1 aliphatic carbocycles. The van der Waals surface area contributed by atoms with Crippen molar-refractivity contribution in [2.24, 2.45) is 0 Å². The van der Waals surface area contributed by atoms with E-state index in [1.54, 1.807) is 13.2 Å². The van der Waals surface area contributed by atoms with Gasteiger partial charge in [-0.3, -0.25) is 4.72 Å². The molecular formula is C18H21F2N3O3S. The van der Waals surface area contributed by atoms with Gasteiger partial charge in [0.2, 0.25) is 0 Å². The predicted molar refractivity (Wildman–Crippen MR) is 98.1 cm³/mol. The number of ether oxygens (including phenoxy) is 1. The van der Waals surface area contributed by atoms with Crippen LogP contribution >= 0.6 is 0 Å². The summed E-state index contributed by atoms with van der Waals surface area (Å²) >= 11 is 0. The van der Waals surface area contributed by atoms with E-state index in [1.807, 2.05) is 0 Å². The molecule has 0 spiro atoms. The molecule has 146 valence electrons. The second-order valence-corrected chi connectivity index (χ2v) is 8.11. The first kappa shape index (κ1) is 19.5. The zero-order valence-electron chi connectivity index (χ0n) is 14.8. The summed E-state index contributed by atoms with van der Waals surface area (Å²) in [6.45, 7) is 0. The fraction of sp³-hybridized carbons (Fsp3) is 0.389. The van der Waals surface area contributed by atoms with Crippen molar-refractivity contribution in [3.8, 4) is 0 Å². The number of rotatable bonds is 6. The summed E-state index contributed by atoms with van der Waals surface area (Å²) in [5.41, 5.74) is -0.0683. The van der Waals surface area contributed by atoms with Gasteiger partial charge in [0.05, 0.1) is 17.8 Å². The van der Waals surface area contributed by atoms with Crippen molar-refractivity contribution in [1.82, 2.24) is 4.98 Å². The van der Waals surface area contributed by atoms with E-state index in [0.717, 1.165) is 43.9 Å². The molecule has 1 aliphatic rings. The highest BCUT2D eigenvalue weighted by atomic mass is 32.2. The fourth-order valence-electron chi connectivity index (χ4n) is 3.13. The minimum Gasteiger partial charge on any atom is -0.379 e. The second-order valence-electron chi connectivity index (χ2n) is 6.42. The highest BCUT2D eigenvalue weighted by Gasteiger charge is 2.25. The van der Waals surface area contributed by atoms with Crippen molar-refractivity contribution >= 4 is 21.5 Å². The van der Waals surface area contributed by atoms with E-state index in [1.165, 1.54) is 12.3 Å². The van der Waals surface area contributed by atoms with Gasteiger partial charge in [-0.15, -0.1) is 0 Å². The maximum absolute atomic E-state index is 13.3. The van der Waals surface area contributed by atoms with Crippen LogP contribution in [0.1, 0.15) is 25.7 Å². The number of hydrogen-bond acceptors (Lipinski definition) is 5. The molecule has 2 atom stereocenters. The molecule has 6 nitrogen and oxygen atoms in total. The van der Waals surface area contributed by atoms with Gasteiger partial charge in [-0.2, -0.15) is 0 Å². The van der Waals surface area contributed by atoms with Gasteiger partial charge in [0, 0.05) is 19.4 Å². The molecule has 1 heterocycles. The molecule has 3 rings (SSSR count). The highest BCUT2D eigenvalue weighted by Crippen LogP contribution is 2.24. The molecule has 1 aromatic carbocycles. The number of benzene rings is 1. The minimum atomic E-state index is -3.96. The lowest BCUT2D eigenvalue weighted by Crippen LogP contribution is -2.38. The van der Waals surface area contributed by atoms with Gasteiger partial charge in [-0.25, -0.2) is 22.2 Å². The van der Waals surface area contributed by atoms with Crippen LogP contribution in [0.3, 0.4) is 0 Å². The third-order valence-electron chi connectivity index (χ3n) is 4.56. The number of nitrogens with zero attached hydrogens (tertiary/aromatic N) is 1. The molecular weight excluding hydrogens is 376 g/mol. The van der Waals surface area contributed by atoms with Gasteiger partial charge in [0.15, 0.2) is 11.6 Å². The topological polar surface area (TPSA) is 80.3 Å². The Balaban J connectivity index is 1.70. The number of hydrogen-bond donors (Lipinski definition) is 2. The third-order valence-corrected chi connectivity index (χ3v) is 5.92. The van der Waals surface area contributed by atoms with Crippen LogP contribution in [0, 0.1) is 11.6 Å². The Labute approximate surface area is 157 Å². The van der Waals surface area contributed by atoms with E-state index in [0.29, 0.717) is 5.82 Å².